The van der Waals surface area contributed by atoms with E-state index in [0.717, 1.165) is 0 Å². The van der Waals surface area contributed by atoms with Crippen molar-refractivity contribution in [3.63, 3.8) is 0 Å². The van der Waals surface area contributed by atoms with Gasteiger partial charge in [0.05, 0.1) is 26.3 Å². The molecule has 3 N–H and O–H groups in total. The number of hydroxylamine groups is 2. The molecule has 1 aromatic heterocycles. The summed E-state index contributed by atoms with van der Waals surface area (Å²) in [6.45, 7) is 4.23. The molecule has 1 saturated heterocycles. The van der Waals surface area contributed by atoms with Crippen LogP contribution in [0.15, 0.2) is 36.4 Å². The number of nitrogens with one attached hydrogen (secondary N) is 2. The van der Waals surface area contributed by atoms with Crippen molar-refractivity contribution < 1.29 is 43.4 Å². The van der Waals surface area contributed by atoms with Crippen molar-refractivity contribution in [1.82, 2.24) is 25.2 Å². The van der Waals surface area contributed by atoms with Gasteiger partial charge >= 0.3 is 18.1 Å². The van der Waals surface area contributed by atoms with Gasteiger partial charge in [-0.25, -0.2) is 14.8 Å². The zero-order chi connectivity index (χ0) is 30.5. The largest absolute Gasteiger partial charge is 0.527 e. The molecule has 1 aliphatic rings. The maximum atomic E-state index is 13.4. The molecule has 226 valence electrons. The number of nitrogens with zero attached hydrogens (tertiary/aromatic N) is 4. The number of aromatic nitrogens is 2. The Morgan fingerprint density at radius 2 is 1.67 bits per heavy atom. The van der Waals surface area contributed by atoms with Crippen LogP contribution in [0.25, 0.3) is 11.4 Å². The Morgan fingerprint density at radius 1 is 0.976 bits per heavy atom. The number of ether oxygens (including phenoxy) is 2. The van der Waals surface area contributed by atoms with Crippen LogP contribution in [0.5, 0.6) is 0 Å². The first-order valence-corrected chi connectivity index (χ1v) is 13.4. The van der Waals surface area contributed by atoms with Crippen LogP contribution in [0.2, 0.25) is 0 Å². The molecular weight excluding hydrogens is 552 g/mol. The van der Waals surface area contributed by atoms with Crippen LogP contribution >= 0.6 is 0 Å². The van der Waals surface area contributed by atoms with Crippen LogP contribution in [0.4, 0.5) is 10.6 Å². The number of carboxylic acid groups (broad SMARTS) is 1. The molecular formula is C27H34N6O9. The van der Waals surface area contributed by atoms with Gasteiger partial charge in [0.25, 0.3) is 5.91 Å². The summed E-state index contributed by atoms with van der Waals surface area (Å²) in [5, 5.41) is 16.0. The normalized spacial score (nSPS) is 13.9. The summed E-state index contributed by atoms with van der Waals surface area (Å²) >= 11 is 0. The summed E-state index contributed by atoms with van der Waals surface area (Å²) in [7, 11) is 0. The third-order valence-electron chi connectivity index (χ3n) is 5.98. The Bertz CT molecular complexity index is 1250. The maximum Gasteiger partial charge on any atom is 0.527 e. The predicted octanol–water partition coefficient (Wildman–Crippen LogP) is 1.31. The second-order valence-electron chi connectivity index (χ2n) is 8.97. The maximum absolute atomic E-state index is 13.4. The Balaban J connectivity index is 1.77. The van der Waals surface area contributed by atoms with E-state index in [1.54, 1.807) is 44.2 Å². The van der Waals surface area contributed by atoms with Crippen LogP contribution in [-0.2, 0) is 28.7 Å². The van der Waals surface area contributed by atoms with Crippen LogP contribution in [-0.4, -0.2) is 107 Å². The van der Waals surface area contributed by atoms with Gasteiger partial charge < -0.3 is 35.0 Å². The molecule has 0 unspecified atom stereocenters. The molecule has 42 heavy (non-hydrogen) atoms. The Kier molecular flexibility index (Phi) is 12.0. The fourth-order valence-electron chi connectivity index (χ4n) is 3.97. The highest BCUT2D eigenvalue weighted by Gasteiger charge is 2.31. The van der Waals surface area contributed by atoms with Gasteiger partial charge in [-0.1, -0.05) is 30.3 Å². The molecule has 2 heterocycles. The molecule has 0 spiro atoms. The number of carbonyl (C=O) groups is 5. The second-order valence-corrected chi connectivity index (χ2v) is 8.97. The Hall–Kier alpha value is -4.79. The number of benzene rings is 1. The number of piperazine rings is 1. The monoisotopic (exact) mass is 586 g/mol. The van der Waals surface area contributed by atoms with E-state index in [0.29, 0.717) is 5.56 Å². The van der Waals surface area contributed by atoms with Gasteiger partial charge in [0.2, 0.25) is 5.91 Å². The highest BCUT2D eigenvalue weighted by atomic mass is 16.8. The summed E-state index contributed by atoms with van der Waals surface area (Å²) < 4.78 is 9.68. The molecule has 3 rings (SSSR count). The van der Waals surface area contributed by atoms with E-state index in [1.165, 1.54) is 16.0 Å². The van der Waals surface area contributed by atoms with Gasteiger partial charge in [-0.15, -0.1) is 5.06 Å². The number of amides is 2. The third-order valence-corrected chi connectivity index (χ3v) is 5.98. The number of anilines is 1. The van der Waals surface area contributed by atoms with Crippen molar-refractivity contribution in [2.75, 3.05) is 51.3 Å². The SMILES string of the molecule is CCOC(=O)CNc1cc(C(=O)N[C@@H](CCC(=O)O)C(=O)N2CCN(OC(=O)OCC)CC2)nc(-c2ccccc2)n1. The molecule has 15 heteroatoms. The Labute approximate surface area is 242 Å². The minimum Gasteiger partial charge on any atom is -0.481 e. The molecule has 0 bridgehead atoms. The molecule has 1 aliphatic heterocycles. The zero-order valence-electron chi connectivity index (χ0n) is 23.4. The van der Waals surface area contributed by atoms with Crippen molar-refractivity contribution in [2.45, 2.75) is 32.7 Å². The summed E-state index contributed by atoms with van der Waals surface area (Å²) in [5.41, 5.74) is 0.503. The molecule has 0 aliphatic carbocycles. The van der Waals surface area contributed by atoms with Gasteiger partial charge in [0, 0.05) is 31.1 Å². The quantitative estimate of drug-likeness (QED) is 0.285. The van der Waals surface area contributed by atoms with Gasteiger partial charge in [-0.05, 0) is 20.3 Å². The van der Waals surface area contributed by atoms with Gasteiger partial charge in [0.15, 0.2) is 5.82 Å². The van der Waals surface area contributed by atoms with Crippen molar-refractivity contribution in [2.24, 2.45) is 0 Å². The van der Waals surface area contributed by atoms with Crippen LogP contribution in [0.1, 0.15) is 37.2 Å². The fraction of sp³-hybridized carbons (Fsp3) is 0.444. The standard InChI is InChI=1S/C27H34N6O9/c1-3-40-23(36)17-28-21-16-20(29-24(31-21)18-8-6-5-7-9-18)25(37)30-19(10-11-22(34)35)26(38)32-12-14-33(15-13-32)42-27(39)41-4-2/h5-9,16,19H,3-4,10-15,17H2,1-2H3,(H,30,37)(H,34,35)(H,28,29,31)/t19-/m0/s1. The topological polar surface area (TPSA) is 190 Å². The molecule has 15 nitrogen and oxygen atoms in total. The fourth-order valence-corrected chi connectivity index (χ4v) is 3.97. The van der Waals surface area contributed by atoms with E-state index < -0.39 is 36.0 Å². The number of esters is 1. The van der Waals surface area contributed by atoms with Crippen molar-refractivity contribution >= 4 is 35.7 Å². The van der Waals surface area contributed by atoms with E-state index in [2.05, 4.69) is 20.6 Å². The third kappa shape index (κ3) is 9.69. The molecule has 2 amide bonds. The number of hydrogen-bond donors (Lipinski definition) is 3. The first-order chi connectivity index (χ1) is 20.2. The first kappa shape index (κ1) is 31.7. The molecule has 0 radical (unpaired) electrons. The highest BCUT2D eigenvalue weighted by molar-refractivity contribution is 5.97. The lowest BCUT2D eigenvalue weighted by molar-refractivity contribution is -0.157. The van der Waals surface area contributed by atoms with Crippen LogP contribution < -0.4 is 10.6 Å². The smallest absolute Gasteiger partial charge is 0.481 e. The second kappa shape index (κ2) is 15.9. The minimum absolute atomic E-state index is 0.101. The van der Waals surface area contributed by atoms with Gasteiger partial charge in [0.1, 0.15) is 24.1 Å². The molecule has 1 aromatic carbocycles. The highest BCUT2D eigenvalue weighted by Crippen LogP contribution is 2.18. The van der Waals surface area contributed by atoms with Crippen molar-refractivity contribution in [3.8, 4) is 11.4 Å². The van der Waals surface area contributed by atoms with Gasteiger partial charge in [-0.2, -0.15) is 0 Å². The van der Waals surface area contributed by atoms with Crippen LogP contribution in [0, 0.1) is 0 Å². The summed E-state index contributed by atoms with van der Waals surface area (Å²) in [6, 6.07) is 9.00. The number of aliphatic carboxylic acids is 1. The molecule has 0 saturated carbocycles. The van der Waals surface area contributed by atoms with E-state index in [9.17, 15) is 29.1 Å². The summed E-state index contributed by atoms with van der Waals surface area (Å²) in [6.07, 6.45) is -1.38. The lowest BCUT2D eigenvalue weighted by atomic mass is 10.1. The number of rotatable bonds is 13. The molecule has 1 fully saturated rings. The zero-order valence-corrected chi connectivity index (χ0v) is 23.4. The van der Waals surface area contributed by atoms with E-state index in [-0.39, 0.29) is 76.1 Å². The number of carbonyl (C=O) groups excluding carboxylic acids is 4. The minimum atomic E-state index is -1.17. The van der Waals surface area contributed by atoms with E-state index in [4.69, 9.17) is 14.3 Å². The summed E-state index contributed by atoms with van der Waals surface area (Å²) in [5.74, 6) is -2.50. The van der Waals surface area contributed by atoms with Crippen molar-refractivity contribution in [1.29, 1.82) is 0 Å². The number of hydrogen-bond acceptors (Lipinski definition) is 12. The Morgan fingerprint density at radius 3 is 2.31 bits per heavy atom. The first-order valence-electron chi connectivity index (χ1n) is 13.4. The average Bonchev–Trinajstić information content (AvgIpc) is 2.98. The predicted molar refractivity (Wildman–Crippen MR) is 147 cm³/mol. The average molecular weight is 587 g/mol. The van der Waals surface area contributed by atoms with Gasteiger partial charge in [-0.3, -0.25) is 19.2 Å². The van der Waals surface area contributed by atoms with Crippen LogP contribution in [0.3, 0.4) is 0 Å². The van der Waals surface area contributed by atoms with Crippen molar-refractivity contribution in [3.05, 3.63) is 42.1 Å². The number of carboxylic acids is 1. The van der Waals surface area contributed by atoms with E-state index >= 15 is 0 Å². The lowest BCUT2D eigenvalue weighted by Gasteiger charge is -2.35. The molecule has 2 aromatic rings. The molecule has 1 atom stereocenters. The summed E-state index contributed by atoms with van der Waals surface area (Å²) in [4.78, 5) is 76.8. The van der Waals surface area contributed by atoms with E-state index in [1.807, 2.05) is 0 Å². The lowest BCUT2D eigenvalue weighted by Crippen LogP contribution is -2.55.